The summed E-state index contributed by atoms with van der Waals surface area (Å²) in [4.78, 5) is 42.9. The van der Waals surface area contributed by atoms with Gasteiger partial charge in [-0.1, -0.05) is 0 Å². The Morgan fingerprint density at radius 2 is 1.59 bits per heavy atom. The number of amides is 2. The molecule has 0 heterocycles. The van der Waals surface area contributed by atoms with Crippen LogP contribution in [0.4, 0.5) is 4.79 Å². The number of esters is 2. The van der Waals surface area contributed by atoms with Gasteiger partial charge >= 0.3 is 18.0 Å². The standard InChI is InChI=1S/C9H11NO7/c1-15-7(12)3-4-8(13)17-5-6(11)10-9(14)16-2/h3-4H,5H2,1-2H3,(H,10,11,14). The SMILES string of the molecule is COC(=O)C=CC(=O)OCC(=O)NC(=O)OC. The number of hydrogen-bond donors (Lipinski definition) is 1. The van der Waals surface area contributed by atoms with Gasteiger partial charge < -0.3 is 14.2 Å². The fourth-order valence-corrected chi connectivity index (χ4v) is 0.590. The van der Waals surface area contributed by atoms with E-state index < -0.39 is 30.5 Å². The van der Waals surface area contributed by atoms with Crippen LogP contribution >= 0.6 is 0 Å². The summed E-state index contributed by atoms with van der Waals surface area (Å²) in [5.74, 6) is -2.51. The second-order valence-electron chi connectivity index (χ2n) is 2.50. The molecular weight excluding hydrogens is 234 g/mol. The van der Waals surface area contributed by atoms with E-state index >= 15 is 0 Å². The quantitative estimate of drug-likeness (QED) is 0.390. The van der Waals surface area contributed by atoms with E-state index in [4.69, 9.17) is 0 Å². The van der Waals surface area contributed by atoms with Crippen molar-refractivity contribution in [3.8, 4) is 0 Å². The molecule has 1 N–H and O–H groups in total. The molecule has 0 aromatic rings. The highest BCUT2D eigenvalue weighted by molar-refractivity contribution is 5.95. The van der Waals surface area contributed by atoms with E-state index in [0.29, 0.717) is 0 Å². The van der Waals surface area contributed by atoms with E-state index in [9.17, 15) is 19.2 Å². The van der Waals surface area contributed by atoms with Crippen molar-refractivity contribution in [1.29, 1.82) is 0 Å². The van der Waals surface area contributed by atoms with E-state index in [1.807, 2.05) is 0 Å². The molecule has 0 aliphatic heterocycles. The number of hydrogen-bond acceptors (Lipinski definition) is 7. The first-order valence-electron chi connectivity index (χ1n) is 4.30. The number of imide groups is 1. The van der Waals surface area contributed by atoms with Crippen LogP contribution in [0.1, 0.15) is 0 Å². The zero-order chi connectivity index (χ0) is 13.3. The van der Waals surface area contributed by atoms with Crippen molar-refractivity contribution < 1.29 is 33.4 Å². The van der Waals surface area contributed by atoms with Crippen LogP contribution in [0.15, 0.2) is 12.2 Å². The number of ether oxygens (including phenoxy) is 3. The third-order valence-corrected chi connectivity index (χ3v) is 1.33. The summed E-state index contributed by atoms with van der Waals surface area (Å²) in [5.41, 5.74) is 0. The summed E-state index contributed by atoms with van der Waals surface area (Å²) in [7, 11) is 2.22. The van der Waals surface area contributed by atoms with Gasteiger partial charge in [-0.15, -0.1) is 0 Å². The van der Waals surface area contributed by atoms with Crippen LogP contribution in [0.2, 0.25) is 0 Å². The maximum absolute atomic E-state index is 10.9. The Kier molecular flexibility index (Phi) is 6.75. The number of nitrogens with one attached hydrogen (secondary N) is 1. The molecule has 0 aromatic carbocycles. The number of alkyl carbamates (subject to hydrolysis) is 1. The first-order valence-corrected chi connectivity index (χ1v) is 4.30. The van der Waals surface area contributed by atoms with Gasteiger partial charge in [-0.25, -0.2) is 14.4 Å². The Balaban J connectivity index is 3.92. The third-order valence-electron chi connectivity index (χ3n) is 1.33. The maximum atomic E-state index is 10.9. The predicted octanol–water partition coefficient (Wildman–Crippen LogP) is -0.859. The van der Waals surface area contributed by atoms with Gasteiger partial charge in [-0.05, 0) is 0 Å². The molecule has 0 aliphatic carbocycles. The van der Waals surface area contributed by atoms with Crippen LogP contribution in [-0.2, 0) is 28.6 Å². The summed E-state index contributed by atoms with van der Waals surface area (Å²) >= 11 is 0. The van der Waals surface area contributed by atoms with E-state index in [1.165, 1.54) is 0 Å². The van der Waals surface area contributed by atoms with Crippen LogP contribution in [0.25, 0.3) is 0 Å². The van der Waals surface area contributed by atoms with E-state index in [2.05, 4.69) is 14.2 Å². The van der Waals surface area contributed by atoms with Crippen LogP contribution in [-0.4, -0.2) is 44.8 Å². The Bertz CT molecular complexity index is 347. The minimum atomic E-state index is -0.962. The van der Waals surface area contributed by atoms with Gasteiger partial charge in [-0.3, -0.25) is 10.1 Å². The summed E-state index contributed by atoms with van der Waals surface area (Å²) in [6.07, 6.45) is 0.661. The molecule has 8 heteroatoms. The second kappa shape index (κ2) is 7.85. The first-order chi connectivity index (χ1) is 7.99. The lowest BCUT2D eigenvalue weighted by Crippen LogP contribution is -2.33. The molecule has 0 spiro atoms. The Labute approximate surface area is 96.5 Å². The average molecular weight is 245 g/mol. The summed E-state index contributed by atoms with van der Waals surface area (Å²) < 4.78 is 12.7. The largest absolute Gasteiger partial charge is 0.466 e. The number of methoxy groups -OCH3 is 2. The zero-order valence-corrected chi connectivity index (χ0v) is 9.22. The molecule has 0 saturated heterocycles. The Morgan fingerprint density at radius 3 is 2.12 bits per heavy atom. The highest BCUT2D eigenvalue weighted by atomic mass is 16.5. The average Bonchev–Trinajstić information content (AvgIpc) is 2.32. The predicted molar refractivity (Wildman–Crippen MR) is 52.7 cm³/mol. The molecule has 94 valence electrons. The molecule has 8 nitrogen and oxygen atoms in total. The van der Waals surface area contributed by atoms with Gasteiger partial charge in [0.05, 0.1) is 14.2 Å². The highest BCUT2D eigenvalue weighted by Crippen LogP contribution is 1.84. The Hall–Kier alpha value is -2.38. The molecule has 0 unspecified atom stereocenters. The van der Waals surface area contributed by atoms with E-state index in [-0.39, 0.29) is 0 Å². The van der Waals surface area contributed by atoms with Crippen molar-refractivity contribution >= 4 is 23.9 Å². The van der Waals surface area contributed by atoms with Gasteiger partial charge in [0, 0.05) is 12.2 Å². The van der Waals surface area contributed by atoms with Crippen molar-refractivity contribution in [2.45, 2.75) is 0 Å². The number of carbonyl (C=O) groups excluding carboxylic acids is 4. The van der Waals surface area contributed by atoms with Crippen molar-refractivity contribution in [3.05, 3.63) is 12.2 Å². The molecule has 0 bridgehead atoms. The topological polar surface area (TPSA) is 108 Å². The first kappa shape index (κ1) is 14.6. The molecular formula is C9H11NO7. The number of carbonyl (C=O) groups is 4. The zero-order valence-electron chi connectivity index (χ0n) is 9.22. The minimum Gasteiger partial charge on any atom is -0.466 e. The molecule has 0 atom stereocenters. The van der Waals surface area contributed by atoms with Gasteiger partial charge in [-0.2, -0.15) is 0 Å². The number of rotatable bonds is 4. The van der Waals surface area contributed by atoms with Crippen LogP contribution in [0.5, 0.6) is 0 Å². The lowest BCUT2D eigenvalue weighted by Gasteiger charge is -2.02. The molecule has 17 heavy (non-hydrogen) atoms. The summed E-state index contributed by atoms with van der Waals surface area (Å²) in [6.45, 7) is -0.667. The highest BCUT2D eigenvalue weighted by Gasteiger charge is 2.09. The lowest BCUT2D eigenvalue weighted by molar-refractivity contribution is -0.144. The van der Waals surface area contributed by atoms with E-state index in [0.717, 1.165) is 26.4 Å². The van der Waals surface area contributed by atoms with Crippen LogP contribution < -0.4 is 5.32 Å². The summed E-state index contributed by atoms with van der Waals surface area (Å²) in [6, 6.07) is 0. The van der Waals surface area contributed by atoms with Crippen molar-refractivity contribution in [1.82, 2.24) is 5.32 Å². The second-order valence-corrected chi connectivity index (χ2v) is 2.50. The fraction of sp³-hybridized carbons (Fsp3) is 0.333. The fourth-order valence-electron chi connectivity index (χ4n) is 0.590. The molecule has 2 amide bonds. The van der Waals surface area contributed by atoms with E-state index in [1.54, 1.807) is 5.32 Å². The van der Waals surface area contributed by atoms with Crippen molar-refractivity contribution in [3.63, 3.8) is 0 Å². The van der Waals surface area contributed by atoms with Crippen molar-refractivity contribution in [2.75, 3.05) is 20.8 Å². The Morgan fingerprint density at radius 1 is 1.00 bits per heavy atom. The summed E-state index contributed by atoms with van der Waals surface area (Å²) in [5, 5.41) is 1.77. The molecule has 0 radical (unpaired) electrons. The molecule has 0 aliphatic rings. The normalized spacial score (nSPS) is 9.53. The minimum absolute atomic E-state index is 0.667. The van der Waals surface area contributed by atoms with Crippen LogP contribution in [0, 0.1) is 0 Å². The lowest BCUT2D eigenvalue weighted by atomic mass is 10.5. The molecule has 0 fully saturated rings. The van der Waals surface area contributed by atoms with Crippen LogP contribution in [0.3, 0.4) is 0 Å². The monoisotopic (exact) mass is 245 g/mol. The van der Waals surface area contributed by atoms with Gasteiger partial charge in [0.15, 0.2) is 6.61 Å². The van der Waals surface area contributed by atoms with Gasteiger partial charge in [0.25, 0.3) is 5.91 Å². The maximum Gasteiger partial charge on any atom is 0.413 e. The smallest absolute Gasteiger partial charge is 0.413 e. The van der Waals surface area contributed by atoms with Crippen molar-refractivity contribution in [2.24, 2.45) is 0 Å². The third kappa shape index (κ3) is 7.54. The van der Waals surface area contributed by atoms with Gasteiger partial charge in [0.1, 0.15) is 0 Å². The molecule has 0 saturated carbocycles. The van der Waals surface area contributed by atoms with Gasteiger partial charge in [0.2, 0.25) is 0 Å². The molecule has 0 rings (SSSR count). The molecule has 0 aromatic heterocycles.